The van der Waals surface area contributed by atoms with Gasteiger partial charge in [-0.05, 0) is 31.0 Å². The molecule has 2 amide bonds. The van der Waals surface area contributed by atoms with Crippen LogP contribution in [-0.2, 0) is 11.2 Å². The first-order valence-electron chi connectivity index (χ1n) is 7.47. The summed E-state index contributed by atoms with van der Waals surface area (Å²) in [7, 11) is 0. The molecule has 23 heavy (non-hydrogen) atoms. The van der Waals surface area contributed by atoms with Crippen LogP contribution in [0.3, 0.4) is 0 Å². The molecule has 4 rings (SSSR count). The van der Waals surface area contributed by atoms with Gasteiger partial charge in [0.1, 0.15) is 5.69 Å². The number of nitrogens with one attached hydrogen (secondary N) is 1. The lowest BCUT2D eigenvalue weighted by atomic mass is 10.1. The van der Waals surface area contributed by atoms with Gasteiger partial charge in [0, 0.05) is 17.9 Å². The van der Waals surface area contributed by atoms with Crippen molar-refractivity contribution < 1.29 is 14.3 Å². The van der Waals surface area contributed by atoms with Crippen molar-refractivity contribution >= 4 is 23.2 Å². The van der Waals surface area contributed by atoms with Crippen LogP contribution in [0.15, 0.2) is 36.5 Å². The second-order valence-electron chi connectivity index (χ2n) is 5.77. The topological polar surface area (TPSA) is 71.5 Å². The molecule has 0 radical (unpaired) electrons. The minimum absolute atomic E-state index is 0.0518. The second kappa shape index (κ2) is 5.08. The number of carbonyl (C=O) groups excluding carboxylic acids is 2. The van der Waals surface area contributed by atoms with E-state index < -0.39 is 0 Å². The van der Waals surface area contributed by atoms with E-state index >= 15 is 0 Å². The molecular weight excluding hydrogens is 294 g/mol. The molecule has 3 heterocycles. The van der Waals surface area contributed by atoms with Crippen molar-refractivity contribution in [3.05, 3.63) is 47.7 Å². The third kappa shape index (κ3) is 2.23. The molecule has 2 aliphatic heterocycles. The van der Waals surface area contributed by atoms with Gasteiger partial charge in [0.05, 0.1) is 5.56 Å². The van der Waals surface area contributed by atoms with Crippen LogP contribution >= 0.6 is 0 Å². The highest BCUT2D eigenvalue weighted by Gasteiger charge is 2.32. The molecular formula is C17H15N3O3. The molecule has 0 fully saturated rings. The van der Waals surface area contributed by atoms with Crippen molar-refractivity contribution in [2.75, 3.05) is 16.8 Å². The highest BCUT2D eigenvalue weighted by Crippen LogP contribution is 2.34. The second-order valence-corrected chi connectivity index (χ2v) is 5.77. The number of amides is 2. The van der Waals surface area contributed by atoms with Gasteiger partial charge in [0.2, 0.25) is 5.88 Å². The summed E-state index contributed by atoms with van der Waals surface area (Å²) in [5.41, 5.74) is 2.96. The summed E-state index contributed by atoms with van der Waals surface area (Å²) in [6.45, 7) is 1.97. The number of benzene rings is 1. The quantitative estimate of drug-likeness (QED) is 0.874. The van der Waals surface area contributed by atoms with Crippen LogP contribution in [0.4, 0.5) is 11.4 Å². The zero-order valence-electron chi connectivity index (χ0n) is 12.6. The van der Waals surface area contributed by atoms with Gasteiger partial charge in [-0.1, -0.05) is 18.2 Å². The molecule has 2 aliphatic rings. The van der Waals surface area contributed by atoms with Crippen LogP contribution in [0.5, 0.6) is 5.88 Å². The predicted octanol–water partition coefficient (Wildman–Crippen LogP) is 2.00. The number of hydrogen-bond acceptors (Lipinski definition) is 4. The predicted molar refractivity (Wildman–Crippen MR) is 84.8 cm³/mol. The van der Waals surface area contributed by atoms with E-state index in [1.54, 1.807) is 11.0 Å². The molecule has 2 aromatic rings. The van der Waals surface area contributed by atoms with Crippen molar-refractivity contribution in [3.63, 3.8) is 0 Å². The van der Waals surface area contributed by atoms with Crippen molar-refractivity contribution in [3.8, 4) is 5.88 Å². The molecule has 1 aromatic heterocycles. The zero-order valence-corrected chi connectivity index (χ0v) is 12.6. The highest BCUT2D eigenvalue weighted by molar-refractivity contribution is 6.08. The Hall–Kier alpha value is -2.89. The molecule has 0 saturated carbocycles. The molecule has 1 N–H and O–H groups in total. The van der Waals surface area contributed by atoms with E-state index in [1.165, 1.54) is 6.20 Å². The average Bonchev–Trinajstić information content (AvgIpc) is 2.89. The maximum Gasteiger partial charge on any atom is 0.262 e. The highest BCUT2D eigenvalue weighted by atomic mass is 16.5. The summed E-state index contributed by atoms with van der Waals surface area (Å²) < 4.78 is 5.23. The van der Waals surface area contributed by atoms with E-state index in [2.05, 4.69) is 10.3 Å². The van der Waals surface area contributed by atoms with Crippen molar-refractivity contribution in [1.82, 2.24) is 4.98 Å². The Labute approximate surface area is 133 Å². The lowest BCUT2D eigenvalue weighted by molar-refractivity contribution is -0.118. The lowest BCUT2D eigenvalue weighted by Crippen LogP contribution is -2.36. The van der Waals surface area contributed by atoms with E-state index in [0.717, 1.165) is 17.7 Å². The fourth-order valence-corrected chi connectivity index (χ4v) is 3.11. The number of ether oxygens (including phenoxy) is 1. The van der Waals surface area contributed by atoms with Gasteiger partial charge in [0.25, 0.3) is 11.8 Å². The van der Waals surface area contributed by atoms with E-state index in [9.17, 15) is 9.59 Å². The van der Waals surface area contributed by atoms with Gasteiger partial charge < -0.3 is 15.0 Å². The van der Waals surface area contributed by atoms with Crippen molar-refractivity contribution in [2.24, 2.45) is 0 Å². The summed E-state index contributed by atoms with van der Waals surface area (Å²) in [5, 5.41) is 2.68. The Morgan fingerprint density at radius 1 is 1.39 bits per heavy atom. The van der Waals surface area contributed by atoms with Gasteiger partial charge in [-0.25, -0.2) is 4.98 Å². The number of anilines is 2. The van der Waals surface area contributed by atoms with Crippen molar-refractivity contribution in [1.29, 1.82) is 0 Å². The third-order valence-corrected chi connectivity index (χ3v) is 4.14. The number of aromatic nitrogens is 1. The minimum Gasteiger partial charge on any atom is -0.466 e. The third-order valence-electron chi connectivity index (χ3n) is 4.14. The number of para-hydroxylation sites is 1. The number of carbonyl (C=O) groups is 2. The molecule has 0 spiro atoms. The maximum absolute atomic E-state index is 12.9. The van der Waals surface area contributed by atoms with Crippen LogP contribution in [0, 0.1) is 0 Å². The molecule has 1 atom stereocenters. The van der Waals surface area contributed by atoms with Crippen LogP contribution in [-0.4, -0.2) is 29.4 Å². The molecule has 6 heteroatoms. The van der Waals surface area contributed by atoms with E-state index in [1.807, 2.05) is 31.2 Å². The SMILES string of the molecule is CC1Cc2ccccc2N1C(=O)c1cnc2c(c1)NC(=O)CO2. The van der Waals surface area contributed by atoms with Crippen molar-refractivity contribution in [2.45, 2.75) is 19.4 Å². The number of fused-ring (bicyclic) bond motifs is 2. The molecule has 1 unspecified atom stereocenters. The normalized spacial score (nSPS) is 18.7. The number of pyridine rings is 1. The summed E-state index contributed by atoms with van der Waals surface area (Å²) >= 11 is 0. The largest absolute Gasteiger partial charge is 0.466 e. The van der Waals surface area contributed by atoms with Gasteiger partial charge in [-0.15, -0.1) is 0 Å². The standard InChI is InChI=1S/C17H15N3O3/c1-10-6-11-4-2-3-5-14(11)20(10)17(22)12-7-13-16(18-8-12)23-9-15(21)19-13/h2-5,7-8,10H,6,9H2,1H3,(H,19,21). The fraction of sp³-hybridized carbons (Fsp3) is 0.235. The number of nitrogens with zero attached hydrogens (tertiary/aromatic N) is 2. The molecule has 0 bridgehead atoms. The average molecular weight is 309 g/mol. The van der Waals surface area contributed by atoms with Crippen LogP contribution < -0.4 is 15.0 Å². The first-order valence-corrected chi connectivity index (χ1v) is 7.47. The molecule has 0 saturated heterocycles. The summed E-state index contributed by atoms with van der Waals surface area (Å²) in [6.07, 6.45) is 2.33. The molecule has 0 aliphatic carbocycles. The Kier molecular flexibility index (Phi) is 3.04. The van der Waals surface area contributed by atoms with Crippen LogP contribution in [0.1, 0.15) is 22.8 Å². The van der Waals surface area contributed by atoms with Gasteiger partial charge in [-0.3, -0.25) is 9.59 Å². The van der Waals surface area contributed by atoms with Gasteiger partial charge in [0.15, 0.2) is 6.61 Å². The zero-order chi connectivity index (χ0) is 16.0. The van der Waals surface area contributed by atoms with Crippen LogP contribution in [0.2, 0.25) is 0 Å². The Morgan fingerprint density at radius 2 is 2.22 bits per heavy atom. The van der Waals surface area contributed by atoms with Gasteiger partial charge in [-0.2, -0.15) is 0 Å². The molecule has 6 nitrogen and oxygen atoms in total. The first kappa shape index (κ1) is 13.8. The van der Waals surface area contributed by atoms with E-state index in [4.69, 9.17) is 4.74 Å². The molecule has 116 valence electrons. The fourth-order valence-electron chi connectivity index (χ4n) is 3.11. The van der Waals surface area contributed by atoms with Gasteiger partial charge >= 0.3 is 0 Å². The Balaban J connectivity index is 1.70. The maximum atomic E-state index is 12.9. The summed E-state index contributed by atoms with van der Waals surface area (Å²) in [5.74, 6) is -0.0302. The Morgan fingerprint density at radius 3 is 3.09 bits per heavy atom. The van der Waals surface area contributed by atoms with Crippen LogP contribution in [0.25, 0.3) is 0 Å². The minimum atomic E-state index is -0.246. The summed E-state index contributed by atoms with van der Waals surface area (Å²) in [6, 6.07) is 9.60. The van der Waals surface area contributed by atoms with E-state index in [-0.39, 0.29) is 24.5 Å². The number of rotatable bonds is 1. The smallest absolute Gasteiger partial charge is 0.262 e. The lowest BCUT2D eigenvalue weighted by Gasteiger charge is -2.23. The first-order chi connectivity index (χ1) is 11.1. The monoisotopic (exact) mass is 309 g/mol. The number of hydrogen-bond donors (Lipinski definition) is 1. The van der Waals surface area contributed by atoms with E-state index in [0.29, 0.717) is 17.1 Å². The molecule has 1 aromatic carbocycles. The summed E-state index contributed by atoms with van der Waals surface area (Å²) in [4.78, 5) is 30.3. The Bertz CT molecular complexity index is 818.